The van der Waals surface area contributed by atoms with E-state index in [2.05, 4.69) is 49.2 Å². The Labute approximate surface area is 125 Å². The number of halogens is 1. The second kappa shape index (κ2) is 6.65. The zero-order chi connectivity index (χ0) is 14.5. The minimum absolute atomic E-state index is 0.0727. The van der Waals surface area contributed by atoms with Crippen LogP contribution in [0.2, 0.25) is 0 Å². The molecule has 2 aromatic rings. The SMILES string of the molecule is Cc1nonc1CC(=O)NCCc1cccc(Br)c1C. The van der Waals surface area contributed by atoms with Gasteiger partial charge in [-0.05, 0) is 37.5 Å². The van der Waals surface area contributed by atoms with Crippen LogP contribution < -0.4 is 5.32 Å². The molecule has 5 nitrogen and oxygen atoms in total. The van der Waals surface area contributed by atoms with Gasteiger partial charge in [0.15, 0.2) is 0 Å². The van der Waals surface area contributed by atoms with Crippen LogP contribution in [0, 0.1) is 13.8 Å². The summed E-state index contributed by atoms with van der Waals surface area (Å²) >= 11 is 3.50. The topological polar surface area (TPSA) is 68.0 Å². The third-order valence-electron chi connectivity index (χ3n) is 3.17. The van der Waals surface area contributed by atoms with Crippen LogP contribution in [0.4, 0.5) is 0 Å². The van der Waals surface area contributed by atoms with E-state index in [1.165, 1.54) is 11.1 Å². The van der Waals surface area contributed by atoms with E-state index < -0.39 is 0 Å². The summed E-state index contributed by atoms with van der Waals surface area (Å²) in [5, 5.41) is 10.2. The summed E-state index contributed by atoms with van der Waals surface area (Å²) in [7, 11) is 0. The monoisotopic (exact) mass is 337 g/mol. The predicted molar refractivity (Wildman–Crippen MR) is 78.3 cm³/mol. The molecule has 0 aliphatic heterocycles. The number of nitrogens with one attached hydrogen (secondary N) is 1. The third kappa shape index (κ3) is 3.66. The molecule has 0 atom stereocenters. The summed E-state index contributed by atoms with van der Waals surface area (Å²) in [5.74, 6) is -0.0727. The minimum Gasteiger partial charge on any atom is -0.355 e. The summed E-state index contributed by atoms with van der Waals surface area (Å²) in [6, 6.07) is 6.08. The maximum absolute atomic E-state index is 11.8. The number of aryl methyl sites for hydroxylation is 1. The number of carbonyl (C=O) groups excluding carboxylic acids is 1. The Bertz CT molecular complexity index is 610. The largest absolute Gasteiger partial charge is 0.355 e. The van der Waals surface area contributed by atoms with Gasteiger partial charge >= 0.3 is 0 Å². The van der Waals surface area contributed by atoms with E-state index in [1.807, 2.05) is 12.1 Å². The van der Waals surface area contributed by atoms with Gasteiger partial charge < -0.3 is 5.32 Å². The first-order valence-electron chi connectivity index (χ1n) is 6.36. The Morgan fingerprint density at radius 1 is 1.35 bits per heavy atom. The molecule has 0 saturated heterocycles. The van der Waals surface area contributed by atoms with Gasteiger partial charge in [-0.25, -0.2) is 4.63 Å². The lowest BCUT2D eigenvalue weighted by molar-refractivity contribution is -0.120. The molecular formula is C14H16BrN3O2. The number of carbonyl (C=O) groups is 1. The first-order valence-corrected chi connectivity index (χ1v) is 7.16. The van der Waals surface area contributed by atoms with Crippen LogP contribution in [0.15, 0.2) is 27.3 Å². The van der Waals surface area contributed by atoms with Gasteiger partial charge in [0.25, 0.3) is 0 Å². The molecular weight excluding hydrogens is 322 g/mol. The van der Waals surface area contributed by atoms with E-state index in [1.54, 1.807) is 6.92 Å². The van der Waals surface area contributed by atoms with Crippen LogP contribution in [0.25, 0.3) is 0 Å². The highest BCUT2D eigenvalue weighted by Gasteiger charge is 2.10. The molecule has 0 saturated carbocycles. The summed E-state index contributed by atoms with van der Waals surface area (Å²) < 4.78 is 5.65. The van der Waals surface area contributed by atoms with Crippen molar-refractivity contribution in [1.82, 2.24) is 15.6 Å². The van der Waals surface area contributed by atoms with E-state index in [-0.39, 0.29) is 12.3 Å². The van der Waals surface area contributed by atoms with Crippen molar-refractivity contribution >= 4 is 21.8 Å². The Hall–Kier alpha value is -1.69. The van der Waals surface area contributed by atoms with Crippen LogP contribution in [0.5, 0.6) is 0 Å². The van der Waals surface area contributed by atoms with Crippen molar-refractivity contribution in [2.45, 2.75) is 26.7 Å². The second-order valence-corrected chi connectivity index (χ2v) is 5.45. The van der Waals surface area contributed by atoms with Gasteiger partial charge in [-0.3, -0.25) is 4.79 Å². The van der Waals surface area contributed by atoms with Gasteiger partial charge in [0.1, 0.15) is 11.4 Å². The average molecular weight is 338 g/mol. The fourth-order valence-corrected chi connectivity index (χ4v) is 2.29. The van der Waals surface area contributed by atoms with Gasteiger partial charge in [-0.2, -0.15) is 0 Å². The fourth-order valence-electron chi connectivity index (χ4n) is 1.88. The zero-order valence-corrected chi connectivity index (χ0v) is 13.0. The van der Waals surface area contributed by atoms with Crippen LogP contribution in [-0.2, 0) is 17.6 Å². The van der Waals surface area contributed by atoms with Crippen molar-refractivity contribution in [3.8, 4) is 0 Å². The molecule has 20 heavy (non-hydrogen) atoms. The Balaban J connectivity index is 1.82. The molecule has 6 heteroatoms. The van der Waals surface area contributed by atoms with Crippen LogP contribution in [0.3, 0.4) is 0 Å². The van der Waals surface area contributed by atoms with E-state index in [0.717, 1.165) is 10.9 Å². The maximum Gasteiger partial charge on any atom is 0.226 e. The molecule has 106 valence electrons. The van der Waals surface area contributed by atoms with Crippen molar-refractivity contribution in [3.05, 3.63) is 45.2 Å². The molecule has 0 aliphatic rings. The van der Waals surface area contributed by atoms with Gasteiger partial charge in [-0.15, -0.1) is 0 Å². The predicted octanol–water partition coefficient (Wildman–Crippen LogP) is 2.35. The number of benzene rings is 1. The summed E-state index contributed by atoms with van der Waals surface area (Å²) in [4.78, 5) is 11.8. The van der Waals surface area contributed by atoms with Gasteiger partial charge in [-0.1, -0.05) is 38.4 Å². The summed E-state index contributed by atoms with van der Waals surface area (Å²) in [5.41, 5.74) is 3.67. The molecule has 1 heterocycles. The van der Waals surface area contributed by atoms with Crippen LogP contribution in [-0.4, -0.2) is 22.8 Å². The highest BCUT2D eigenvalue weighted by atomic mass is 79.9. The first-order chi connectivity index (χ1) is 9.58. The van der Waals surface area contributed by atoms with Crippen molar-refractivity contribution in [3.63, 3.8) is 0 Å². The summed E-state index contributed by atoms with van der Waals surface area (Å²) in [6.07, 6.45) is 1.000. The Kier molecular flexibility index (Phi) is 4.89. The number of amides is 1. The third-order valence-corrected chi connectivity index (χ3v) is 4.03. The lowest BCUT2D eigenvalue weighted by Crippen LogP contribution is -2.27. The van der Waals surface area contributed by atoms with Crippen molar-refractivity contribution in [1.29, 1.82) is 0 Å². The normalized spacial score (nSPS) is 10.6. The van der Waals surface area contributed by atoms with Gasteiger partial charge in [0.2, 0.25) is 5.91 Å². The number of aromatic nitrogens is 2. The standard InChI is InChI=1S/C14H16BrN3O2/c1-9-11(4-3-5-12(9)15)6-7-16-14(19)8-13-10(2)17-20-18-13/h3-5H,6-8H2,1-2H3,(H,16,19). The molecule has 1 aromatic heterocycles. The first kappa shape index (κ1) is 14.7. The van der Waals surface area contributed by atoms with Gasteiger partial charge in [0, 0.05) is 11.0 Å². The van der Waals surface area contributed by atoms with Crippen molar-refractivity contribution < 1.29 is 9.42 Å². The lowest BCUT2D eigenvalue weighted by atomic mass is 10.1. The Morgan fingerprint density at radius 2 is 2.15 bits per heavy atom. The quantitative estimate of drug-likeness (QED) is 0.909. The molecule has 0 fully saturated rings. The molecule has 2 rings (SSSR count). The molecule has 0 spiro atoms. The van der Waals surface area contributed by atoms with E-state index in [4.69, 9.17) is 0 Å². The highest BCUT2D eigenvalue weighted by Crippen LogP contribution is 2.19. The molecule has 0 unspecified atom stereocenters. The molecule has 0 radical (unpaired) electrons. The highest BCUT2D eigenvalue weighted by molar-refractivity contribution is 9.10. The van der Waals surface area contributed by atoms with Gasteiger partial charge in [0.05, 0.1) is 6.42 Å². The van der Waals surface area contributed by atoms with Crippen molar-refractivity contribution in [2.75, 3.05) is 6.54 Å². The van der Waals surface area contributed by atoms with E-state index >= 15 is 0 Å². The zero-order valence-electron chi connectivity index (χ0n) is 11.4. The van der Waals surface area contributed by atoms with Crippen LogP contribution >= 0.6 is 15.9 Å². The molecule has 1 N–H and O–H groups in total. The minimum atomic E-state index is -0.0727. The van der Waals surface area contributed by atoms with E-state index in [9.17, 15) is 4.79 Å². The molecule has 1 amide bonds. The smallest absolute Gasteiger partial charge is 0.226 e. The maximum atomic E-state index is 11.8. The number of rotatable bonds is 5. The lowest BCUT2D eigenvalue weighted by Gasteiger charge is -2.08. The van der Waals surface area contributed by atoms with Crippen molar-refractivity contribution in [2.24, 2.45) is 0 Å². The fraction of sp³-hybridized carbons (Fsp3) is 0.357. The molecule has 0 aliphatic carbocycles. The average Bonchev–Trinajstić information content (AvgIpc) is 2.80. The molecule has 0 bridgehead atoms. The van der Waals surface area contributed by atoms with E-state index in [0.29, 0.717) is 17.9 Å². The number of hydrogen-bond acceptors (Lipinski definition) is 4. The number of nitrogens with zero attached hydrogens (tertiary/aromatic N) is 2. The summed E-state index contributed by atoms with van der Waals surface area (Å²) in [6.45, 7) is 4.43. The second-order valence-electron chi connectivity index (χ2n) is 4.60. The molecule has 1 aromatic carbocycles. The Morgan fingerprint density at radius 3 is 2.85 bits per heavy atom. The number of hydrogen-bond donors (Lipinski definition) is 1. The van der Waals surface area contributed by atoms with Crippen LogP contribution in [0.1, 0.15) is 22.5 Å².